The van der Waals surface area contributed by atoms with Crippen LogP contribution in [0.25, 0.3) is 0 Å². The fraction of sp³-hybridized carbons (Fsp3) is 0.667. The zero-order chi connectivity index (χ0) is 25.1. The smallest absolute Gasteiger partial charge is 0.245 e. The minimum atomic E-state index is -0.978. The Morgan fingerprint density at radius 1 is 1.09 bits per heavy atom. The second-order valence-corrected chi connectivity index (χ2v) is 10.4. The number of nitrogens with zero attached hydrogens (tertiary/aromatic N) is 1. The lowest BCUT2D eigenvalue weighted by Gasteiger charge is -2.33. The van der Waals surface area contributed by atoms with E-state index in [4.69, 9.17) is 9.84 Å². The van der Waals surface area contributed by atoms with Crippen LogP contribution < -0.4 is 10.6 Å². The first-order chi connectivity index (χ1) is 16.9. The molecular weight excluding hydrogens is 446 g/mol. The van der Waals surface area contributed by atoms with Crippen LogP contribution in [-0.2, 0) is 25.7 Å². The van der Waals surface area contributed by atoms with Crippen LogP contribution in [0.2, 0.25) is 0 Å². The third kappa shape index (κ3) is 4.70. The summed E-state index contributed by atoms with van der Waals surface area (Å²) in [6, 6.07) is 8.95. The number of aliphatic hydroxyl groups excluding tert-OH is 1. The minimum absolute atomic E-state index is 0.104. The number of amides is 3. The highest BCUT2D eigenvalue weighted by Crippen LogP contribution is 2.63. The van der Waals surface area contributed by atoms with Crippen molar-refractivity contribution in [2.45, 2.75) is 82.6 Å². The molecule has 5 atom stereocenters. The van der Waals surface area contributed by atoms with Crippen LogP contribution in [0.4, 0.5) is 0 Å². The maximum absolute atomic E-state index is 13.8. The molecule has 4 rings (SSSR count). The van der Waals surface area contributed by atoms with Crippen LogP contribution in [0.5, 0.6) is 0 Å². The van der Waals surface area contributed by atoms with Crippen LogP contribution in [0.3, 0.4) is 0 Å². The highest BCUT2D eigenvalue weighted by atomic mass is 16.5. The molecule has 1 aromatic rings. The highest BCUT2D eigenvalue weighted by Gasteiger charge is 2.77. The van der Waals surface area contributed by atoms with Crippen molar-refractivity contribution in [1.82, 2.24) is 15.5 Å². The first-order valence-corrected chi connectivity index (χ1v) is 13.1. The second-order valence-electron chi connectivity index (χ2n) is 10.4. The number of fused-ring (bicyclic) bond motifs is 1. The maximum Gasteiger partial charge on any atom is 0.245 e. The lowest BCUT2D eigenvalue weighted by atomic mass is 9.66. The number of rotatable bonds is 12. The maximum atomic E-state index is 13.8. The molecule has 2 bridgehead atoms. The van der Waals surface area contributed by atoms with Crippen molar-refractivity contribution >= 4 is 17.7 Å². The SMILES string of the molecule is CCCCNC(=O)C1N(CCCCCO)C(=O)[C@@H]2[C@@H](C(=O)NCc3ccccc3)[C@@]3(C)CCC12O3. The molecule has 3 fully saturated rings. The van der Waals surface area contributed by atoms with E-state index in [9.17, 15) is 14.4 Å². The molecule has 35 heavy (non-hydrogen) atoms. The standard InChI is InChI=1S/C27H39N3O5/c1-3-4-15-28-24(33)22-27-14-13-26(2,35-27)20(23(32)29-18-19-11-7-5-8-12-19)21(27)25(34)30(22)16-9-6-10-17-31/h5,7-8,11-12,20-22,31H,3-4,6,9-10,13-18H2,1-2H3,(H,28,33)(H,29,32)/t20-,21-,22?,26+,27?/m0/s1. The Morgan fingerprint density at radius 2 is 1.86 bits per heavy atom. The molecule has 3 aliphatic rings. The summed E-state index contributed by atoms with van der Waals surface area (Å²) in [5.41, 5.74) is -0.763. The lowest BCUT2D eigenvalue weighted by Crippen LogP contribution is -2.55. The van der Waals surface area contributed by atoms with Crippen molar-refractivity contribution in [2.75, 3.05) is 19.7 Å². The number of unbranched alkanes of at least 4 members (excludes halogenated alkanes) is 3. The molecule has 0 aromatic heterocycles. The van der Waals surface area contributed by atoms with Gasteiger partial charge >= 0.3 is 0 Å². The normalized spacial score (nSPS) is 31.0. The molecule has 2 unspecified atom stereocenters. The van der Waals surface area contributed by atoms with Crippen LogP contribution in [-0.4, -0.2) is 64.7 Å². The van der Waals surface area contributed by atoms with Crippen molar-refractivity contribution in [2.24, 2.45) is 11.8 Å². The van der Waals surface area contributed by atoms with E-state index in [-0.39, 0.29) is 24.3 Å². The fourth-order valence-corrected chi connectivity index (χ4v) is 6.32. The molecule has 3 N–H and O–H groups in total. The summed E-state index contributed by atoms with van der Waals surface area (Å²) in [5, 5.41) is 15.2. The van der Waals surface area contributed by atoms with Crippen LogP contribution in [0.1, 0.15) is 64.4 Å². The van der Waals surface area contributed by atoms with Crippen molar-refractivity contribution in [1.29, 1.82) is 0 Å². The number of benzene rings is 1. The number of aliphatic hydroxyl groups is 1. The van der Waals surface area contributed by atoms with Gasteiger partial charge in [-0.2, -0.15) is 0 Å². The van der Waals surface area contributed by atoms with Crippen molar-refractivity contribution in [3.63, 3.8) is 0 Å². The average Bonchev–Trinajstić information content (AvgIpc) is 3.42. The number of hydrogen-bond acceptors (Lipinski definition) is 5. The molecule has 3 aliphatic heterocycles. The Hall–Kier alpha value is -2.45. The number of carbonyl (C=O) groups is 3. The molecule has 8 nitrogen and oxygen atoms in total. The van der Waals surface area contributed by atoms with E-state index in [0.29, 0.717) is 45.3 Å². The monoisotopic (exact) mass is 485 g/mol. The Labute approximate surface area is 207 Å². The molecule has 0 aliphatic carbocycles. The summed E-state index contributed by atoms with van der Waals surface area (Å²) in [4.78, 5) is 42.5. The van der Waals surface area contributed by atoms with Gasteiger partial charge in [-0.25, -0.2) is 0 Å². The van der Waals surface area contributed by atoms with E-state index < -0.39 is 29.1 Å². The molecular formula is C27H39N3O5. The number of nitrogens with one attached hydrogen (secondary N) is 2. The Balaban J connectivity index is 1.58. The molecule has 3 heterocycles. The zero-order valence-electron chi connectivity index (χ0n) is 20.9. The van der Waals surface area contributed by atoms with Gasteiger partial charge in [-0.3, -0.25) is 14.4 Å². The Bertz CT molecular complexity index is 925. The first-order valence-electron chi connectivity index (χ1n) is 13.1. The van der Waals surface area contributed by atoms with E-state index >= 15 is 0 Å². The summed E-state index contributed by atoms with van der Waals surface area (Å²) in [6.07, 6.45) is 5.16. The summed E-state index contributed by atoms with van der Waals surface area (Å²) in [7, 11) is 0. The molecule has 3 saturated heterocycles. The van der Waals surface area contributed by atoms with Gasteiger partial charge < -0.3 is 25.4 Å². The molecule has 3 amide bonds. The molecule has 0 saturated carbocycles. The van der Waals surface area contributed by atoms with Crippen molar-refractivity contribution in [3.8, 4) is 0 Å². The molecule has 192 valence electrons. The summed E-state index contributed by atoms with van der Waals surface area (Å²) in [5.74, 6) is -1.85. The summed E-state index contributed by atoms with van der Waals surface area (Å²) >= 11 is 0. The van der Waals surface area contributed by atoms with Crippen molar-refractivity contribution < 1.29 is 24.2 Å². The average molecular weight is 486 g/mol. The largest absolute Gasteiger partial charge is 0.396 e. The summed E-state index contributed by atoms with van der Waals surface area (Å²) < 4.78 is 6.60. The number of carbonyl (C=O) groups excluding carboxylic acids is 3. The van der Waals surface area contributed by atoms with Crippen LogP contribution >= 0.6 is 0 Å². The number of ether oxygens (including phenoxy) is 1. The number of hydrogen-bond donors (Lipinski definition) is 3. The van der Waals surface area contributed by atoms with Gasteiger partial charge in [-0.05, 0) is 51.0 Å². The van der Waals surface area contributed by atoms with E-state index in [1.54, 1.807) is 4.90 Å². The Kier molecular flexibility index (Phi) is 7.81. The first kappa shape index (κ1) is 25.6. The highest BCUT2D eigenvalue weighted by molar-refractivity contribution is 5.99. The number of likely N-dealkylation sites (tertiary alicyclic amines) is 1. The van der Waals surface area contributed by atoms with Gasteiger partial charge in [0.25, 0.3) is 0 Å². The van der Waals surface area contributed by atoms with Gasteiger partial charge in [0.15, 0.2) is 0 Å². The van der Waals surface area contributed by atoms with Gasteiger partial charge in [0.1, 0.15) is 11.6 Å². The minimum Gasteiger partial charge on any atom is -0.396 e. The van der Waals surface area contributed by atoms with E-state index in [0.717, 1.165) is 24.8 Å². The molecule has 8 heteroatoms. The summed E-state index contributed by atoms with van der Waals surface area (Å²) in [6.45, 7) is 5.43. The van der Waals surface area contributed by atoms with E-state index in [1.165, 1.54) is 0 Å². The van der Waals surface area contributed by atoms with Gasteiger partial charge in [0.05, 0.1) is 17.4 Å². The van der Waals surface area contributed by atoms with Crippen LogP contribution in [0.15, 0.2) is 30.3 Å². The molecule has 1 spiro atoms. The van der Waals surface area contributed by atoms with E-state index in [2.05, 4.69) is 17.6 Å². The van der Waals surface area contributed by atoms with Gasteiger partial charge in [-0.1, -0.05) is 43.7 Å². The van der Waals surface area contributed by atoms with Crippen LogP contribution in [0, 0.1) is 11.8 Å². The topological polar surface area (TPSA) is 108 Å². The van der Waals surface area contributed by atoms with Gasteiger partial charge in [-0.15, -0.1) is 0 Å². The quantitative estimate of drug-likeness (QED) is 0.393. The fourth-order valence-electron chi connectivity index (χ4n) is 6.32. The molecule has 0 radical (unpaired) electrons. The third-order valence-corrected chi connectivity index (χ3v) is 8.00. The second kappa shape index (κ2) is 10.7. The molecule has 1 aromatic carbocycles. The zero-order valence-corrected chi connectivity index (χ0v) is 20.9. The predicted molar refractivity (Wildman–Crippen MR) is 131 cm³/mol. The third-order valence-electron chi connectivity index (χ3n) is 8.00. The Morgan fingerprint density at radius 3 is 2.57 bits per heavy atom. The van der Waals surface area contributed by atoms with Crippen molar-refractivity contribution in [3.05, 3.63) is 35.9 Å². The lowest BCUT2D eigenvalue weighted by molar-refractivity contribution is -0.146. The predicted octanol–water partition coefficient (Wildman–Crippen LogP) is 2.15. The van der Waals surface area contributed by atoms with Gasteiger partial charge in [0.2, 0.25) is 17.7 Å². The van der Waals surface area contributed by atoms with E-state index in [1.807, 2.05) is 37.3 Å². The van der Waals surface area contributed by atoms with Gasteiger partial charge in [0, 0.05) is 26.2 Å².